The average Bonchev–Trinajstić information content (AvgIpc) is 2.75. The smallest absolute Gasteiger partial charge is 0.318 e. The zero-order valence-electron chi connectivity index (χ0n) is 17.5. The van der Waals surface area contributed by atoms with Gasteiger partial charge >= 0.3 is 6.03 Å². The van der Waals surface area contributed by atoms with E-state index in [0.717, 1.165) is 47.7 Å². The predicted molar refractivity (Wildman–Crippen MR) is 120 cm³/mol. The van der Waals surface area contributed by atoms with Crippen molar-refractivity contribution in [2.45, 2.75) is 58.2 Å². The van der Waals surface area contributed by atoms with E-state index in [2.05, 4.69) is 16.4 Å². The van der Waals surface area contributed by atoms with Gasteiger partial charge in [0.05, 0.1) is 6.54 Å². The van der Waals surface area contributed by atoms with Crippen molar-refractivity contribution in [3.63, 3.8) is 0 Å². The number of amides is 2. The van der Waals surface area contributed by atoms with Crippen LogP contribution in [0.3, 0.4) is 0 Å². The van der Waals surface area contributed by atoms with Crippen LogP contribution >= 0.6 is 0 Å². The second-order valence-corrected chi connectivity index (χ2v) is 8.34. The highest BCUT2D eigenvalue weighted by Gasteiger charge is 2.21. The minimum Gasteiger partial charge on any atom is -0.335 e. The summed E-state index contributed by atoms with van der Waals surface area (Å²) < 4.78 is 0. The average molecular weight is 404 g/mol. The molecule has 0 saturated heterocycles. The van der Waals surface area contributed by atoms with Gasteiger partial charge in [-0.3, -0.25) is 4.79 Å². The zero-order valence-corrected chi connectivity index (χ0v) is 17.5. The lowest BCUT2D eigenvalue weighted by molar-refractivity contribution is 0.184. The van der Waals surface area contributed by atoms with Gasteiger partial charge in [-0.15, -0.1) is 0 Å². The van der Waals surface area contributed by atoms with Crippen molar-refractivity contribution in [2.75, 3.05) is 0 Å². The highest BCUT2D eigenvalue weighted by molar-refractivity contribution is 5.80. The van der Waals surface area contributed by atoms with Gasteiger partial charge in [-0.05, 0) is 48.9 Å². The van der Waals surface area contributed by atoms with Crippen molar-refractivity contribution >= 4 is 16.9 Å². The van der Waals surface area contributed by atoms with Crippen molar-refractivity contribution in [1.29, 1.82) is 0 Å². The van der Waals surface area contributed by atoms with Crippen LogP contribution in [0, 0.1) is 6.92 Å². The summed E-state index contributed by atoms with van der Waals surface area (Å²) in [5, 5.41) is 4.18. The summed E-state index contributed by atoms with van der Waals surface area (Å²) in [6.45, 7) is 2.76. The first kappa shape index (κ1) is 20.2. The number of H-pyrrole nitrogens is 1. The Bertz CT molecular complexity index is 1070. The van der Waals surface area contributed by atoms with Crippen LogP contribution in [0.25, 0.3) is 10.9 Å². The minimum atomic E-state index is -0.144. The molecule has 5 nitrogen and oxygen atoms in total. The lowest BCUT2D eigenvalue weighted by atomic mass is 9.96. The summed E-state index contributed by atoms with van der Waals surface area (Å²) in [6.07, 6.45) is 5.62. The summed E-state index contributed by atoms with van der Waals surface area (Å²) >= 11 is 0. The van der Waals surface area contributed by atoms with E-state index in [1.165, 1.54) is 6.42 Å². The van der Waals surface area contributed by atoms with E-state index in [-0.39, 0.29) is 24.2 Å². The van der Waals surface area contributed by atoms with Gasteiger partial charge in [0.2, 0.25) is 0 Å². The molecule has 1 aliphatic rings. The van der Waals surface area contributed by atoms with Gasteiger partial charge in [0.15, 0.2) is 0 Å². The number of aromatic nitrogens is 1. The molecule has 1 heterocycles. The van der Waals surface area contributed by atoms with Gasteiger partial charge in [0.1, 0.15) is 0 Å². The number of fused-ring (bicyclic) bond motifs is 1. The van der Waals surface area contributed by atoms with Gasteiger partial charge in [-0.1, -0.05) is 61.2 Å². The number of carbonyl (C=O) groups excluding carboxylic acids is 1. The Hall–Kier alpha value is -3.08. The Morgan fingerprint density at radius 3 is 2.57 bits per heavy atom. The first-order chi connectivity index (χ1) is 14.6. The molecule has 0 aliphatic heterocycles. The van der Waals surface area contributed by atoms with Crippen LogP contribution < -0.4 is 10.9 Å². The molecule has 0 spiro atoms. The first-order valence-corrected chi connectivity index (χ1v) is 10.8. The summed E-state index contributed by atoms with van der Waals surface area (Å²) in [5.74, 6) is 0. The lowest BCUT2D eigenvalue weighted by Crippen LogP contribution is -2.45. The molecule has 2 amide bonds. The summed E-state index contributed by atoms with van der Waals surface area (Å²) in [5.41, 5.74) is 3.45. The Morgan fingerprint density at radius 2 is 1.80 bits per heavy atom. The fraction of sp³-hybridized carbons (Fsp3) is 0.360. The molecule has 156 valence electrons. The standard InChI is InChI=1S/C25H29N3O2/c1-18-12-13-23-20(14-18)15-21(24(29)27-23)17-28(16-19-8-4-2-5-9-19)25(30)26-22-10-6-3-7-11-22/h2,4-5,8-9,12-15,22H,3,6-7,10-11,16-17H2,1H3,(H,26,30)(H,27,29). The molecule has 0 unspecified atom stereocenters. The van der Waals surface area contributed by atoms with Crippen molar-refractivity contribution in [1.82, 2.24) is 15.2 Å². The monoisotopic (exact) mass is 403 g/mol. The van der Waals surface area contributed by atoms with E-state index < -0.39 is 0 Å². The topological polar surface area (TPSA) is 65.2 Å². The van der Waals surface area contributed by atoms with Crippen molar-refractivity contribution in [3.05, 3.63) is 81.6 Å². The number of urea groups is 1. The van der Waals surface area contributed by atoms with E-state index in [1.807, 2.05) is 55.5 Å². The number of benzene rings is 2. The quantitative estimate of drug-likeness (QED) is 0.638. The molecule has 3 aromatic rings. The molecule has 5 heteroatoms. The fourth-order valence-electron chi connectivity index (χ4n) is 4.21. The van der Waals surface area contributed by atoms with E-state index in [4.69, 9.17) is 0 Å². The molecule has 1 fully saturated rings. The molecular weight excluding hydrogens is 374 g/mol. The maximum atomic E-state index is 13.2. The van der Waals surface area contributed by atoms with Crippen molar-refractivity contribution in [3.8, 4) is 0 Å². The molecular formula is C25H29N3O2. The number of rotatable bonds is 5. The van der Waals surface area contributed by atoms with Crippen LogP contribution in [0.5, 0.6) is 0 Å². The third-order valence-corrected chi connectivity index (χ3v) is 5.87. The van der Waals surface area contributed by atoms with Crippen molar-refractivity contribution < 1.29 is 4.79 Å². The normalized spacial score (nSPS) is 14.6. The van der Waals surface area contributed by atoms with Crippen molar-refractivity contribution in [2.24, 2.45) is 0 Å². The second kappa shape index (κ2) is 9.16. The minimum absolute atomic E-state index is 0.102. The molecule has 0 atom stereocenters. The van der Waals surface area contributed by atoms with Crippen LogP contribution in [-0.2, 0) is 13.1 Å². The molecule has 1 saturated carbocycles. The predicted octanol–water partition coefficient (Wildman–Crippen LogP) is 4.88. The first-order valence-electron chi connectivity index (χ1n) is 10.8. The van der Waals surface area contributed by atoms with Crippen LogP contribution in [0.2, 0.25) is 0 Å². The maximum Gasteiger partial charge on any atom is 0.318 e. The molecule has 0 bridgehead atoms. The summed E-state index contributed by atoms with van der Waals surface area (Å²) in [7, 11) is 0. The molecule has 1 aromatic heterocycles. The number of hydrogen-bond acceptors (Lipinski definition) is 2. The van der Waals surface area contributed by atoms with E-state index in [0.29, 0.717) is 12.1 Å². The van der Waals surface area contributed by atoms with Gasteiger partial charge in [-0.25, -0.2) is 4.79 Å². The summed E-state index contributed by atoms with van der Waals surface area (Å²) in [6, 6.07) is 17.9. The molecule has 2 aromatic carbocycles. The second-order valence-electron chi connectivity index (χ2n) is 8.34. The maximum absolute atomic E-state index is 13.2. The van der Waals surface area contributed by atoms with Crippen LogP contribution in [0.4, 0.5) is 4.79 Å². The fourth-order valence-corrected chi connectivity index (χ4v) is 4.21. The SMILES string of the molecule is Cc1ccc2[nH]c(=O)c(CN(Cc3ccccc3)C(=O)NC3CCCCC3)cc2c1. The largest absolute Gasteiger partial charge is 0.335 e. The third kappa shape index (κ3) is 4.90. The number of pyridine rings is 1. The summed E-state index contributed by atoms with van der Waals surface area (Å²) in [4.78, 5) is 30.6. The van der Waals surface area contributed by atoms with E-state index in [9.17, 15) is 9.59 Å². The number of nitrogens with zero attached hydrogens (tertiary/aromatic N) is 1. The van der Waals surface area contributed by atoms with Gasteiger partial charge in [0.25, 0.3) is 5.56 Å². The molecule has 0 radical (unpaired) electrons. The molecule has 30 heavy (non-hydrogen) atoms. The Morgan fingerprint density at radius 1 is 1.03 bits per heavy atom. The molecule has 1 aliphatic carbocycles. The highest BCUT2D eigenvalue weighted by Crippen LogP contribution is 2.19. The number of aromatic amines is 1. The Kier molecular flexibility index (Phi) is 6.17. The number of hydrogen-bond donors (Lipinski definition) is 2. The van der Waals surface area contributed by atoms with E-state index in [1.54, 1.807) is 4.90 Å². The van der Waals surface area contributed by atoms with Gasteiger partial charge in [0, 0.05) is 23.7 Å². The van der Waals surface area contributed by atoms with Crippen LogP contribution in [-0.4, -0.2) is 22.0 Å². The van der Waals surface area contributed by atoms with Gasteiger partial charge < -0.3 is 15.2 Å². The highest BCUT2D eigenvalue weighted by atomic mass is 16.2. The zero-order chi connectivity index (χ0) is 20.9. The Balaban J connectivity index is 1.60. The van der Waals surface area contributed by atoms with Gasteiger partial charge in [-0.2, -0.15) is 0 Å². The lowest BCUT2D eigenvalue weighted by Gasteiger charge is -2.28. The van der Waals surface area contributed by atoms with Crippen LogP contribution in [0.1, 0.15) is 48.8 Å². The molecule has 4 rings (SSSR count). The number of aryl methyl sites for hydroxylation is 1. The Labute approximate surface area is 177 Å². The van der Waals surface area contributed by atoms with Crippen LogP contribution in [0.15, 0.2) is 59.4 Å². The number of carbonyl (C=O) groups is 1. The third-order valence-electron chi connectivity index (χ3n) is 5.87. The number of nitrogens with one attached hydrogen (secondary N) is 2. The molecule has 2 N–H and O–H groups in total. The van der Waals surface area contributed by atoms with E-state index >= 15 is 0 Å².